The van der Waals surface area contributed by atoms with Crippen LogP contribution in [0.1, 0.15) is 36.8 Å². The highest BCUT2D eigenvalue weighted by Crippen LogP contribution is 2.40. The molecule has 3 nitrogen and oxygen atoms in total. The van der Waals surface area contributed by atoms with E-state index in [1.807, 2.05) is 24.4 Å². The van der Waals surface area contributed by atoms with Crippen molar-refractivity contribution < 1.29 is 4.39 Å². The molecule has 4 rings (SSSR count). The molecule has 0 bridgehead atoms. The first kappa shape index (κ1) is 15.5. The molecule has 2 N–H and O–H groups in total. The van der Waals surface area contributed by atoms with Gasteiger partial charge in [0, 0.05) is 23.2 Å². The van der Waals surface area contributed by atoms with Gasteiger partial charge in [0.05, 0.1) is 16.8 Å². The minimum absolute atomic E-state index is 0.113. The molecule has 0 unspecified atom stereocenters. The van der Waals surface area contributed by atoms with Crippen LogP contribution in [-0.4, -0.2) is 10.2 Å². The number of thiophene rings is 1. The van der Waals surface area contributed by atoms with Crippen LogP contribution in [0.15, 0.2) is 48.0 Å². The van der Waals surface area contributed by atoms with Gasteiger partial charge in [0.2, 0.25) is 0 Å². The Balaban J connectivity index is 1.60. The number of hydrogen-bond acceptors (Lipinski definition) is 3. The summed E-state index contributed by atoms with van der Waals surface area (Å²) < 4.78 is 14.4. The molecule has 0 amide bonds. The molecule has 5 heteroatoms. The molecule has 24 heavy (non-hydrogen) atoms. The molecular formula is C19H20FN3S. The zero-order chi connectivity index (χ0) is 16.4. The van der Waals surface area contributed by atoms with Gasteiger partial charge in [-0.15, -0.1) is 11.3 Å². The number of aromatic nitrogens is 2. The lowest BCUT2D eigenvalue weighted by Gasteiger charge is -2.31. The highest BCUT2D eigenvalue weighted by molar-refractivity contribution is 7.13. The smallest absolute Gasteiger partial charge is 0.128 e. The molecule has 0 spiro atoms. The van der Waals surface area contributed by atoms with E-state index in [4.69, 9.17) is 0 Å². The summed E-state index contributed by atoms with van der Waals surface area (Å²) in [4.78, 5) is 1.18. The van der Waals surface area contributed by atoms with Crippen LogP contribution in [0.2, 0.25) is 0 Å². The lowest BCUT2D eigenvalue weighted by atomic mass is 9.87. The highest BCUT2D eigenvalue weighted by Gasteiger charge is 2.37. The summed E-state index contributed by atoms with van der Waals surface area (Å²) in [6, 6.07) is 11.3. The van der Waals surface area contributed by atoms with Crippen molar-refractivity contribution in [3.8, 4) is 10.6 Å². The third-order valence-corrected chi connectivity index (χ3v) is 5.84. The van der Waals surface area contributed by atoms with Crippen LogP contribution in [-0.2, 0) is 12.1 Å². The van der Waals surface area contributed by atoms with Gasteiger partial charge in [-0.1, -0.05) is 37.1 Å². The molecule has 2 heterocycles. The van der Waals surface area contributed by atoms with E-state index in [1.54, 1.807) is 23.5 Å². The molecular weight excluding hydrogens is 321 g/mol. The number of hydrogen-bond donors (Lipinski definition) is 2. The first-order valence-electron chi connectivity index (χ1n) is 8.35. The second-order valence-corrected chi connectivity index (χ2v) is 7.32. The second-order valence-electron chi connectivity index (χ2n) is 6.37. The summed E-state index contributed by atoms with van der Waals surface area (Å²) in [5.74, 6) is -0.113. The van der Waals surface area contributed by atoms with Crippen LogP contribution in [0.4, 0.5) is 4.39 Å². The van der Waals surface area contributed by atoms with Crippen LogP contribution < -0.4 is 5.32 Å². The first-order valence-corrected chi connectivity index (χ1v) is 9.23. The predicted molar refractivity (Wildman–Crippen MR) is 95.3 cm³/mol. The first-order chi connectivity index (χ1) is 11.8. The van der Waals surface area contributed by atoms with E-state index >= 15 is 0 Å². The summed E-state index contributed by atoms with van der Waals surface area (Å²) in [6.45, 7) is 0.679. The lowest BCUT2D eigenvalue weighted by Crippen LogP contribution is -2.40. The Bertz CT molecular complexity index is 804. The Morgan fingerprint density at radius 2 is 2.00 bits per heavy atom. The summed E-state index contributed by atoms with van der Waals surface area (Å²) in [5, 5.41) is 13.0. The molecule has 0 radical (unpaired) electrons. The maximum atomic E-state index is 14.4. The van der Waals surface area contributed by atoms with Crippen molar-refractivity contribution in [3.63, 3.8) is 0 Å². The van der Waals surface area contributed by atoms with E-state index in [0.29, 0.717) is 6.54 Å². The van der Waals surface area contributed by atoms with Crippen LogP contribution in [0.5, 0.6) is 0 Å². The largest absolute Gasteiger partial charge is 0.303 e. The molecule has 3 aromatic rings. The highest BCUT2D eigenvalue weighted by atomic mass is 32.1. The van der Waals surface area contributed by atoms with E-state index in [1.165, 1.54) is 4.88 Å². The molecule has 1 aliphatic rings. The Morgan fingerprint density at radius 1 is 1.17 bits per heavy atom. The number of halogens is 1. The molecule has 124 valence electrons. The summed E-state index contributed by atoms with van der Waals surface area (Å²) in [6.07, 6.45) is 6.07. The van der Waals surface area contributed by atoms with Crippen molar-refractivity contribution in [1.82, 2.24) is 15.5 Å². The van der Waals surface area contributed by atoms with Gasteiger partial charge in [0.15, 0.2) is 0 Å². The zero-order valence-corrected chi connectivity index (χ0v) is 14.2. The van der Waals surface area contributed by atoms with Gasteiger partial charge in [0.1, 0.15) is 5.82 Å². The Hall–Kier alpha value is -1.98. The van der Waals surface area contributed by atoms with Gasteiger partial charge in [-0.05, 0) is 30.4 Å². The van der Waals surface area contributed by atoms with Gasteiger partial charge < -0.3 is 5.32 Å². The Kier molecular flexibility index (Phi) is 4.21. The molecule has 1 aliphatic carbocycles. The van der Waals surface area contributed by atoms with E-state index < -0.39 is 0 Å². The van der Waals surface area contributed by atoms with Crippen molar-refractivity contribution >= 4 is 11.3 Å². The topological polar surface area (TPSA) is 40.7 Å². The molecule has 1 fully saturated rings. The molecule has 0 atom stereocenters. The monoisotopic (exact) mass is 341 g/mol. The van der Waals surface area contributed by atoms with Gasteiger partial charge in [-0.2, -0.15) is 5.10 Å². The number of H-pyrrole nitrogens is 1. The van der Waals surface area contributed by atoms with Crippen LogP contribution in [0.25, 0.3) is 10.6 Å². The van der Waals surface area contributed by atoms with Gasteiger partial charge in [-0.25, -0.2) is 4.39 Å². The summed E-state index contributed by atoms with van der Waals surface area (Å²) >= 11 is 1.69. The van der Waals surface area contributed by atoms with Crippen LogP contribution in [0, 0.1) is 5.82 Å². The minimum atomic E-state index is -0.269. The third-order valence-electron chi connectivity index (χ3n) is 4.95. The summed E-state index contributed by atoms with van der Waals surface area (Å²) in [5.41, 5.74) is 2.71. The maximum Gasteiger partial charge on any atom is 0.128 e. The Labute approximate surface area is 144 Å². The minimum Gasteiger partial charge on any atom is -0.303 e. The standard InChI is InChI=1S/C19H20FN3S/c20-16-7-2-1-6-15(16)19(9-3-4-10-19)21-12-14-13-22-23-18(14)17-8-5-11-24-17/h1-2,5-8,11,13,21H,3-4,9-10,12H2,(H,22,23). The molecule has 0 saturated heterocycles. The fraction of sp³-hybridized carbons (Fsp3) is 0.316. The number of aromatic amines is 1. The van der Waals surface area contributed by atoms with Crippen molar-refractivity contribution in [3.05, 3.63) is 64.9 Å². The molecule has 1 aromatic carbocycles. The van der Waals surface area contributed by atoms with E-state index in [-0.39, 0.29) is 11.4 Å². The summed E-state index contributed by atoms with van der Waals surface area (Å²) in [7, 11) is 0. The number of rotatable bonds is 5. The van der Waals surface area contributed by atoms with E-state index in [0.717, 1.165) is 42.5 Å². The number of nitrogens with one attached hydrogen (secondary N) is 2. The van der Waals surface area contributed by atoms with Gasteiger partial charge >= 0.3 is 0 Å². The maximum absolute atomic E-state index is 14.4. The predicted octanol–water partition coefficient (Wildman–Crippen LogP) is 4.84. The van der Waals surface area contributed by atoms with Crippen molar-refractivity contribution in [2.45, 2.75) is 37.8 Å². The van der Waals surface area contributed by atoms with Crippen LogP contribution in [0.3, 0.4) is 0 Å². The van der Waals surface area contributed by atoms with Gasteiger partial charge in [-0.3, -0.25) is 5.10 Å². The van der Waals surface area contributed by atoms with Crippen molar-refractivity contribution in [1.29, 1.82) is 0 Å². The van der Waals surface area contributed by atoms with E-state index in [2.05, 4.69) is 27.0 Å². The fourth-order valence-electron chi connectivity index (χ4n) is 3.71. The molecule has 0 aliphatic heterocycles. The average molecular weight is 341 g/mol. The molecule has 2 aromatic heterocycles. The van der Waals surface area contributed by atoms with Crippen LogP contribution >= 0.6 is 11.3 Å². The fourth-order valence-corrected chi connectivity index (χ4v) is 4.47. The third kappa shape index (κ3) is 2.78. The zero-order valence-electron chi connectivity index (χ0n) is 13.4. The van der Waals surface area contributed by atoms with Gasteiger partial charge in [0.25, 0.3) is 0 Å². The lowest BCUT2D eigenvalue weighted by molar-refractivity contribution is 0.326. The Morgan fingerprint density at radius 3 is 2.75 bits per heavy atom. The quantitative estimate of drug-likeness (QED) is 0.697. The number of nitrogens with zero attached hydrogens (tertiary/aromatic N) is 1. The van der Waals surface area contributed by atoms with Crippen molar-refractivity contribution in [2.24, 2.45) is 0 Å². The van der Waals surface area contributed by atoms with Crippen molar-refractivity contribution in [2.75, 3.05) is 0 Å². The average Bonchev–Trinajstić information content (AvgIpc) is 3.34. The second kappa shape index (κ2) is 6.49. The SMILES string of the molecule is Fc1ccccc1C1(NCc2cn[nH]c2-c2cccs2)CCCC1. The molecule has 1 saturated carbocycles. The normalized spacial score (nSPS) is 16.5. The van der Waals surface area contributed by atoms with E-state index in [9.17, 15) is 4.39 Å². The number of benzene rings is 1.